The van der Waals surface area contributed by atoms with E-state index in [1.165, 1.54) is 0 Å². The van der Waals surface area contributed by atoms with Crippen molar-refractivity contribution >= 4 is 17.5 Å². The van der Waals surface area contributed by atoms with Crippen molar-refractivity contribution in [2.45, 2.75) is 19.4 Å². The van der Waals surface area contributed by atoms with Crippen LogP contribution in [0.1, 0.15) is 21.5 Å². The minimum absolute atomic E-state index is 0.154. The second-order valence-corrected chi connectivity index (χ2v) is 7.00. The quantitative estimate of drug-likeness (QED) is 0.676. The minimum atomic E-state index is -0.751. The molecule has 1 atom stereocenters. The fourth-order valence-electron chi connectivity index (χ4n) is 3.03. The third kappa shape index (κ3) is 5.23. The van der Waals surface area contributed by atoms with Crippen LogP contribution in [0.15, 0.2) is 78.9 Å². The molecule has 0 spiro atoms. The number of phenols is 1. The summed E-state index contributed by atoms with van der Waals surface area (Å²) in [6.45, 7) is 1.99. The summed E-state index contributed by atoms with van der Waals surface area (Å²) in [7, 11) is 1.70. The lowest BCUT2D eigenvalue weighted by atomic mass is 10.0. The molecule has 5 heteroatoms. The average Bonchev–Trinajstić information content (AvgIpc) is 2.75. The van der Waals surface area contributed by atoms with E-state index >= 15 is 0 Å². The van der Waals surface area contributed by atoms with Crippen LogP contribution < -0.4 is 10.2 Å². The Morgan fingerprint density at radius 3 is 2.17 bits per heavy atom. The van der Waals surface area contributed by atoms with E-state index in [0.717, 1.165) is 16.8 Å². The van der Waals surface area contributed by atoms with Gasteiger partial charge in [-0.3, -0.25) is 9.59 Å². The molecule has 3 aromatic carbocycles. The highest BCUT2D eigenvalue weighted by atomic mass is 16.3. The fourth-order valence-corrected chi connectivity index (χ4v) is 3.03. The summed E-state index contributed by atoms with van der Waals surface area (Å²) in [4.78, 5) is 27.5. The highest BCUT2D eigenvalue weighted by molar-refractivity contribution is 6.02. The van der Waals surface area contributed by atoms with E-state index in [1.807, 2.05) is 37.3 Å². The molecule has 2 amide bonds. The molecule has 3 aromatic rings. The van der Waals surface area contributed by atoms with Crippen molar-refractivity contribution in [3.8, 4) is 5.75 Å². The molecule has 3 rings (SSSR count). The maximum atomic E-state index is 13.2. The number of nitrogens with zero attached hydrogens (tertiary/aromatic N) is 1. The molecule has 0 aliphatic heterocycles. The van der Waals surface area contributed by atoms with Gasteiger partial charge in [-0.05, 0) is 48.9 Å². The van der Waals surface area contributed by atoms with Gasteiger partial charge in [0, 0.05) is 24.7 Å². The Bertz CT molecular complexity index is 967. The fraction of sp³-hybridized carbons (Fsp3) is 0.167. The predicted molar refractivity (Wildman–Crippen MR) is 114 cm³/mol. The van der Waals surface area contributed by atoms with Crippen molar-refractivity contribution in [1.82, 2.24) is 5.32 Å². The van der Waals surface area contributed by atoms with E-state index in [4.69, 9.17) is 0 Å². The SMILES string of the molecule is Cc1ccc(N(C)C(=O)C(Cc2ccc(O)cc2)NC(=O)c2ccccc2)cc1. The molecule has 5 nitrogen and oxygen atoms in total. The van der Waals surface area contributed by atoms with Gasteiger partial charge in [0.1, 0.15) is 11.8 Å². The normalized spacial score (nSPS) is 11.5. The monoisotopic (exact) mass is 388 g/mol. The van der Waals surface area contributed by atoms with Crippen molar-refractivity contribution in [3.05, 3.63) is 95.6 Å². The summed E-state index contributed by atoms with van der Waals surface area (Å²) in [5.74, 6) is -0.368. The number of anilines is 1. The minimum Gasteiger partial charge on any atom is -0.508 e. The topological polar surface area (TPSA) is 69.6 Å². The molecule has 0 bridgehead atoms. The van der Waals surface area contributed by atoms with E-state index in [2.05, 4.69) is 5.32 Å². The van der Waals surface area contributed by atoms with E-state index in [-0.39, 0.29) is 17.6 Å². The van der Waals surface area contributed by atoms with Crippen molar-refractivity contribution in [3.63, 3.8) is 0 Å². The first-order valence-corrected chi connectivity index (χ1v) is 9.42. The van der Waals surface area contributed by atoms with E-state index in [9.17, 15) is 14.7 Å². The van der Waals surface area contributed by atoms with E-state index in [0.29, 0.717) is 12.0 Å². The second-order valence-electron chi connectivity index (χ2n) is 7.00. The third-order valence-electron chi connectivity index (χ3n) is 4.77. The van der Waals surface area contributed by atoms with E-state index < -0.39 is 6.04 Å². The van der Waals surface area contributed by atoms with Gasteiger partial charge in [-0.1, -0.05) is 48.0 Å². The first-order valence-electron chi connectivity index (χ1n) is 9.42. The van der Waals surface area contributed by atoms with Gasteiger partial charge in [0.25, 0.3) is 5.91 Å². The molecule has 148 valence electrons. The zero-order valence-electron chi connectivity index (χ0n) is 16.5. The summed E-state index contributed by atoms with van der Waals surface area (Å²) in [5, 5.41) is 12.4. The van der Waals surface area contributed by atoms with Crippen molar-refractivity contribution in [1.29, 1.82) is 0 Å². The maximum absolute atomic E-state index is 13.2. The molecule has 0 saturated heterocycles. The number of rotatable bonds is 6. The summed E-state index contributed by atoms with van der Waals surface area (Å²) in [5.41, 5.74) is 3.19. The van der Waals surface area contributed by atoms with Gasteiger partial charge in [0.2, 0.25) is 5.91 Å². The predicted octanol–water partition coefficient (Wildman–Crippen LogP) is 3.70. The van der Waals surface area contributed by atoms with Crippen molar-refractivity contribution in [2.75, 3.05) is 11.9 Å². The molecule has 0 aromatic heterocycles. The number of carbonyl (C=O) groups is 2. The number of likely N-dealkylation sites (N-methyl/N-ethyl adjacent to an activating group) is 1. The van der Waals surface area contributed by atoms with Crippen LogP contribution in [0.25, 0.3) is 0 Å². The van der Waals surface area contributed by atoms with Crippen LogP contribution in [0.2, 0.25) is 0 Å². The Morgan fingerprint density at radius 2 is 1.55 bits per heavy atom. The van der Waals surface area contributed by atoms with Gasteiger partial charge < -0.3 is 15.3 Å². The van der Waals surface area contributed by atoms with Gasteiger partial charge in [0.05, 0.1) is 0 Å². The van der Waals surface area contributed by atoms with Gasteiger partial charge in [0.15, 0.2) is 0 Å². The first-order chi connectivity index (χ1) is 13.9. The zero-order chi connectivity index (χ0) is 20.8. The first kappa shape index (κ1) is 20.1. The standard InChI is InChI=1S/C24H24N2O3/c1-17-8-12-20(13-9-17)26(2)24(29)22(16-18-10-14-21(27)15-11-18)25-23(28)19-6-4-3-5-7-19/h3-15,22,27H,16H2,1-2H3,(H,25,28). The van der Waals surface area contributed by atoms with Crippen LogP contribution in [0, 0.1) is 6.92 Å². The summed E-state index contributed by atoms with van der Waals surface area (Å²) < 4.78 is 0. The molecule has 0 heterocycles. The number of aromatic hydroxyl groups is 1. The highest BCUT2D eigenvalue weighted by Gasteiger charge is 2.25. The summed E-state index contributed by atoms with van der Waals surface area (Å²) in [6, 6.07) is 22.3. The largest absolute Gasteiger partial charge is 0.508 e. The van der Waals surface area contributed by atoms with Gasteiger partial charge >= 0.3 is 0 Å². The molecular formula is C24H24N2O3. The Morgan fingerprint density at radius 1 is 0.931 bits per heavy atom. The zero-order valence-corrected chi connectivity index (χ0v) is 16.5. The summed E-state index contributed by atoms with van der Waals surface area (Å²) >= 11 is 0. The molecule has 29 heavy (non-hydrogen) atoms. The van der Waals surface area contributed by atoms with Crippen LogP contribution in [0.5, 0.6) is 5.75 Å². The molecule has 0 aliphatic rings. The number of carbonyl (C=O) groups excluding carboxylic acids is 2. The molecule has 0 aliphatic carbocycles. The van der Waals surface area contributed by atoms with Gasteiger partial charge in [-0.2, -0.15) is 0 Å². The van der Waals surface area contributed by atoms with Crippen LogP contribution >= 0.6 is 0 Å². The average molecular weight is 388 g/mol. The molecule has 0 radical (unpaired) electrons. The smallest absolute Gasteiger partial charge is 0.251 e. The van der Waals surface area contributed by atoms with Crippen molar-refractivity contribution < 1.29 is 14.7 Å². The van der Waals surface area contributed by atoms with Crippen LogP contribution in [-0.4, -0.2) is 30.0 Å². The maximum Gasteiger partial charge on any atom is 0.251 e. The third-order valence-corrected chi connectivity index (χ3v) is 4.77. The number of hydrogen-bond donors (Lipinski definition) is 2. The van der Waals surface area contributed by atoms with Crippen LogP contribution in [-0.2, 0) is 11.2 Å². The highest BCUT2D eigenvalue weighted by Crippen LogP contribution is 2.17. The molecule has 0 fully saturated rings. The lowest BCUT2D eigenvalue weighted by Gasteiger charge is -2.25. The molecule has 0 saturated carbocycles. The molecular weight excluding hydrogens is 364 g/mol. The lowest BCUT2D eigenvalue weighted by Crippen LogP contribution is -2.48. The lowest BCUT2D eigenvalue weighted by molar-refractivity contribution is -0.120. The number of benzene rings is 3. The Labute approximate surface area is 170 Å². The summed E-state index contributed by atoms with van der Waals surface area (Å²) in [6.07, 6.45) is 0.313. The Balaban J connectivity index is 1.84. The number of phenolic OH excluding ortho intramolecular Hbond substituents is 1. The van der Waals surface area contributed by atoms with E-state index in [1.54, 1.807) is 60.5 Å². The Hall–Kier alpha value is -3.60. The molecule has 1 unspecified atom stereocenters. The van der Waals surface area contributed by atoms with Crippen LogP contribution in [0.4, 0.5) is 5.69 Å². The molecule has 2 N–H and O–H groups in total. The van der Waals surface area contributed by atoms with Gasteiger partial charge in [-0.25, -0.2) is 0 Å². The number of nitrogens with one attached hydrogen (secondary N) is 1. The van der Waals surface area contributed by atoms with Crippen molar-refractivity contribution in [2.24, 2.45) is 0 Å². The Kier molecular flexibility index (Phi) is 6.29. The van der Waals surface area contributed by atoms with Gasteiger partial charge in [-0.15, -0.1) is 0 Å². The number of hydrogen-bond acceptors (Lipinski definition) is 3. The number of amides is 2. The van der Waals surface area contributed by atoms with Crippen LogP contribution in [0.3, 0.4) is 0 Å². The number of aryl methyl sites for hydroxylation is 1. The second kappa shape index (κ2) is 9.06.